The Balaban J connectivity index is 2.25. The first-order valence-corrected chi connectivity index (χ1v) is 5.45. The Hall–Kier alpha value is -0.580. The lowest BCUT2D eigenvalue weighted by Crippen LogP contribution is -2.34. The molecular weight excluding hydrogens is 194 g/mol. The van der Waals surface area contributed by atoms with Gasteiger partial charge in [0.1, 0.15) is 5.76 Å². The molecule has 0 saturated heterocycles. The fraction of sp³-hybridized carbons (Fsp3) is 0.818. The fourth-order valence-electron chi connectivity index (χ4n) is 1.47. The van der Waals surface area contributed by atoms with Crippen LogP contribution in [-0.2, 0) is 14.2 Å². The lowest BCUT2D eigenvalue weighted by molar-refractivity contribution is 0.0516. The number of allylic oxidation sites excluding steroid dienone is 1. The molecule has 0 aromatic heterocycles. The van der Waals surface area contributed by atoms with Crippen LogP contribution in [0.2, 0.25) is 0 Å². The van der Waals surface area contributed by atoms with Crippen LogP contribution in [0.4, 0.5) is 0 Å². The molecule has 0 aliphatic carbocycles. The van der Waals surface area contributed by atoms with Gasteiger partial charge in [0.25, 0.3) is 0 Å². The first-order valence-electron chi connectivity index (χ1n) is 5.45. The van der Waals surface area contributed by atoms with Gasteiger partial charge in [0.2, 0.25) is 0 Å². The number of ether oxygens (including phenoxy) is 3. The van der Waals surface area contributed by atoms with Crippen molar-refractivity contribution in [3.05, 3.63) is 11.8 Å². The van der Waals surface area contributed by atoms with Gasteiger partial charge >= 0.3 is 0 Å². The normalized spacial score (nSPS) is 18.1. The second-order valence-electron chi connectivity index (χ2n) is 3.51. The third-order valence-electron chi connectivity index (χ3n) is 2.37. The van der Waals surface area contributed by atoms with Gasteiger partial charge in [-0.3, -0.25) is 0 Å². The maximum atomic E-state index is 5.58. The zero-order valence-electron chi connectivity index (χ0n) is 9.62. The van der Waals surface area contributed by atoms with E-state index in [0.717, 1.165) is 25.2 Å². The minimum atomic E-state index is 0.169. The number of hydrogen-bond donors (Lipinski definition) is 1. The molecule has 0 radical (unpaired) electrons. The van der Waals surface area contributed by atoms with E-state index in [4.69, 9.17) is 14.2 Å². The van der Waals surface area contributed by atoms with Crippen molar-refractivity contribution in [3.8, 4) is 0 Å². The average molecular weight is 215 g/mol. The Morgan fingerprint density at radius 3 is 3.00 bits per heavy atom. The zero-order chi connectivity index (χ0) is 10.9. The van der Waals surface area contributed by atoms with E-state index in [2.05, 4.69) is 11.4 Å². The molecule has 0 amide bonds. The highest BCUT2D eigenvalue weighted by molar-refractivity contribution is 5.05. The number of likely N-dealkylation sites (N-methyl/N-ethyl adjacent to an activating group) is 1. The predicted molar refractivity (Wildman–Crippen MR) is 58.8 cm³/mol. The van der Waals surface area contributed by atoms with Crippen LogP contribution < -0.4 is 5.32 Å². The summed E-state index contributed by atoms with van der Waals surface area (Å²) in [6.45, 7) is 2.71. The van der Waals surface area contributed by atoms with Gasteiger partial charge in [0.15, 0.2) is 0 Å². The second-order valence-corrected chi connectivity index (χ2v) is 3.51. The first kappa shape index (κ1) is 12.5. The molecule has 0 aromatic carbocycles. The highest BCUT2D eigenvalue weighted by Gasteiger charge is 2.15. The van der Waals surface area contributed by atoms with Crippen molar-refractivity contribution in [2.45, 2.75) is 18.9 Å². The molecular formula is C11H21NO3. The van der Waals surface area contributed by atoms with Gasteiger partial charge < -0.3 is 19.5 Å². The van der Waals surface area contributed by atoms with E-state index in [9.17, 15) is 0 Å². The molecule has 1 aliphatic heterocycles. The summed E-state index contributed by atoms with van der Waals surface area (Å²) in [5, 5.41) is 3.19. The molecule has 0 spiro atoms. The summed E-state index contributed by atoms with van der Waals surface area (Å²) in [6, 6.07) is 0.169. The molecule has 1 rings (SSSR count). The molecule has 0 fully saturated rings. The summed E-state index contributed by atoms with van der Waals surface area (Å²) in [4.78, 5) is 0. The average Bonchev–Trinajstić information content (AvgIpc) is 2.30. The third-order valence-corrected chi connectivity index (χ3v) is 2.37. The number of methoxy groups -OCH3 is 1. The highest BCUT2D eigenvalue weighted by Crippen LogP contribution is 2.13. The van der Waals surface area contributed by atoms with Crippen molar-refractivity contribution in [1.82, 2.24) is 5.32 Å². The van der Waals surface area contributed by atoms with Crippen LogP contribution in [0, 0.1) is 0 Å². The molecule has 0 aromatic rings. The number of nitrogens with one attached hydrogen (secondary N) is 1. The zero-order valence-corrected chi connectivity index (χ0v) is 9.62. The van der Waals surface area contributed by atoms with Crippen LogP contribution in [0.5, 0.6) is 0 Å². The van der Waals surface area contributed by atoms with E-state index in [1.54, 1.807) is 7.11 Å². The highest BCUT2D eigenvalue weighted by atomic mass is 16.5. The fourth-order valence-corrected chi connectivity index (χ4v) is 1.47. The standard InChI is InChI=1S/C11H21NO3/c1-12-10(9-14-8-7-13-2)11-5-3-4-6-15-11/h5,10,12H,3-4,6-9H2,1-2H3. The van der Waals surface area contributed by atoms with Gasteiger partial charge in [-0.15, -0.1) is 0 Å². The topological polar surface area (TPSA) is 39.7 Å². The molecule has 0 saturated carbocycles. The summed E-state index contributed by atoms with van der Waals surface area (Å²) in [7, 11) is 3.59. The molecule has 1 N–H and O–H groups in total. The van der Waals surface area contributed by atoms with Gasteiger partial charge in [-0.25, -0.2) is 0 Å². The van der Waals surface area contributed by atoms with Crippen LogP contribution in [0.25, 0.3) is 0 Å². The largest absolute Gasteiger partial charge is 0.497 e. The lowest BCUT2D eigenvalue weighted by atomic mass is 10.1. The summed E-state index contributed by atoms with van der Waals surface area (Å²) < 4.78 is 16.0. The molecule has 1 aliphatic rings. The smallest absolute Gasteiger partial charge is 0.111 e. The van der Waals surface area contributed by atoms with Crippen molar-refractivity contribution in [1.29, 1.82) is 0 Å². The number of rotatable bonds is 7. The Bertz CT molecular complexity index is 194. The minimum absolute atomic E-state index is 0.169. The third kappa shape index (κ3) is 4.64. The predicted octanol–water partition coefficient (Wildman–Crippen LogP) is 0.932. The molecule has 0 bridgehead atoms. The van der Waals surface area contributed by atoms with Crippen LogP contribution in [0.1, 0.15) is 12.8 Å². The Morgan fingerprint density at radius 1 is 1.53 bits per heavy atom. The Labute approximate surface area is 91.6 Å². The van der Waals surface area contributed by atoms with Crippen molar-refractivity contribution in [3.63, 3.8) is 0 Å². The minimum Gasteiger partial charge on any atom is -0.497 e. The van der Waals surface area contributed by atoms with Gasteiger partial charge in [-0.2, -0.15) is 0 Å². The summed E-state index contributed by atoms with van der Waals surface area (Å²) in [5.41, 5.74) is 0. The molecule has 1 atom stereocenters. The molecule has 4 heteroatoms. The molecule has 4 nitrogen and oxygen atoms in total. The SMILES string of the molecule is CNC(COCCOC)C1=CCCCO1. The quantitative estimate of drug-likeness (QED) is 0.641. The van der Waals surface area contributed by atoms with Gasteiger partial charge in [-0.05, 0) is 26.0 Å². The van der Waals surface area contributed by atoms with E-state index < -0.39 is 0 Å². The summed E-state index contributed by atoms with van der Waals surface area (Å²) in [5.74, 6) is 1.01. The first-order chi connectivity index (χ1) is 7.38. The molecule has 1 heterocycles. The van der Waals surface area contributed by atoms with Crippen molar-refractivity contribution in [2.75, 3.05) is 40.6 Å². The Morgan fingerprint density at radius 2 is 2.40 bits per heavy atom. The van der Waals surface area contributed by atoms with Crippen LogP contribution >= 0.6 is 0 Å². The molecule has 1 unspecified atom stereocenters. The van der Waals surface area contributed by atoms with E-state index in [0.29, 0.717) is 19.8 Å². The summed E-state index contributed by atoms with van der Waals surface area (Å²) >= 11 is 0. The maximum Gasteiger partial charge on any atom is 0.111 e. The second kappa shape index (κ2) is 7.68. The van der Waals surface area contributed by atoms with E-state index >= 15 is 0 Å². The molecule has 15 heavy (non-hydrogen) atoms. The maximum absolute atomic E-state index is 5.58. The van der Waals surface area contributed by atoms with Gasteiger partial charge in [0, 0.05) is 7.11 Å². The van der Waals surface area contributed by atoms with E-state index in [1.807, 2.05) is 7.05 Å². The van der Waals surface area contributed by atoms with Crippen molar-refractivity contribution in [2.24, 2.45) is 0 Å². The Kier molecular flexibility index (Phi) is 6.39. The number of hydrogen-bond acceptors (Lipinski definition) is 4. The summed E-state index contributed by atoms with van der Waals surface area (Å²) in [6.07, 6.45) is 4.36. The molecule has 88 valence electrons. The monoisotopic (exact) mass is 215 g/mol. The van der Waals surface area contributed by atoms with Gasteiger partial charge in [0.05, 0.1) is 32.5 Å². The lowest BCUT2D eigenvalue weighted by Gasteiger charge is -2.23. The van der Waals surface area contributed by atoms with Crippen molar-refractivity contribution >= 4 is 0 Å². The van der Waals surface area contributed by atoms with E-state index in [-0.39, 0.29) is 6.04 Å². The van der Waals surface area contributed by atoms with Crippen molar-refractivity contribution < 1.29 is 14.2 Å². The van der Waals surface area contributed by atoms with Crippen LogP contribution in [0.3, 0.4) is 0 Å². The van der Waals surface area contributed by atoms with E-state index in [1.165, 1.54) is 0 Å². The van der Waals surface area contributed by atoms with Crippen LogP contribution in [-0.4, -0.2) is 46.6 Å². The van der Waals surface area contributed by atoms with Gasteiger partial charge in [-0.1, -0.05) is 0 Å². The van der Waals surface area contributed by atoms with Crippen LogP contribution in [0.15, 0.2) is 11.8 Å².